The molecule has 4 atom stereocenters. The molecule has 0 radical (unpaired) electrons. The quantitative estimate of drug-likeness (QED) is 0.157. The van der Waals surface area contributed by atoms with Gasteiger partial charge in [0, 0.05) is 47.9 Å². The van der Waals surface area contributed by atoms with Gasteiger partial charge in [0.1, 0.15) is 22.8 Å². The highest BCUT2D eigenvalue weighted by Crippen LogP contribution is 2.60. The molecule has 0 bridgehead atoms. The molecule has 2 aromatic carbocycles. The summed E-state index contributed by atoms with van der Waals surface area (Å²) in [7, 11) is 1.33. The summed E-state index contributed by atoms with van der Waals surface area (Å²) < 4.78 is 56.7. The van der Waals surface area contributed by atoms with Gasteiger partial charge in [0.25, 0.3) is 0 Å². The predicted octanol–water partition coefficient (Wildman–Crippen LogP) is 6.34. The van der Waals surface area contributed by atoms with Crippen molar-refractivity contribution in [2.75, 3.05) is 50.6 Å². The van der Waals surface area contributed by atoms with E-state index >= 15 is 8.78 Å². The zero-order valence-corrected chi connectivity index (χ0v) is 26.9. The molecule has 1 saturated carbocycles. The summed E-state index contributed by atoms with van der Waals surface area (Å²) in [5.41, 5.74) is 7.12. The third kappa shape index (κ3) is 5.51. The van der Waals surface area contributed by atoms with Gasteiger partial charge in [0.05, 0.1) is 31.3 Å². The van der Waals surface area contributed by atoms with Gasteiger partial charge in [0.15, 0.2) is 12.1 Å². The number of aromatic nitrogens is 3. The number of hydrogen-bond donors (Lipinski definition) is 1. The maximum Gasteiger partial charge on any atom is 0.318 e. The summed E-state index contributed by atoms with van der Waals surface area (Å²) >= 11 is 0. The van der Waals surface area contributed by atoms with Crippen LogP contribution >= 0.6 is 0 Å². The third-order valence-corrected chi connectivity index (χ3v) is 10.3. The number of terminal acetylenes is 1. The minimum Gasteiger partial charge on any atom is -0.467 e. The van der Waals surface area contributed by atoms with Crippen molar-refractivity contribution in [1.29, 1.82) is 0 Å². The number of pyridine rings is 1. The number of nitrogen functional groups attached to an aromatic ring is 1. The molecule has 1 aliphatic carbocycles. The van der Waals surface area contributed by atoms with Crippen LogP contribution in [0.1, 0.15) is 45.1 Å². The van der Waals surface area contributed by atoms with E-state index in [9.17, 15) is 4.39 Å². The van der Waals surface area contributed by atoms with E-state index in [1.165, 1.54) is 62.3 Å². The molecule has 5 heterocycles. The highest BCUT2D eigenvalue weighted by atomic mass is 19.1. The van der Waals surface area contributed by atoms with Crippen LogP contribution in [0.5, 0.6) is 6.01 Å². The lowest BCUT2D eigenvalue weighted by Gasteiger charge is -2.28. The Hall–Kier alpha value is -4.14. The lowest BCUT2D eigenvalue weighted by atomic mass is 9.92. The highest BCUT2D eigenvalue weighted by molar-refractivity contribution is 6.03. The number of benzene rings is 2. The highest BCUT2D eigenvalue weighted by Gasteiger charge is 2.57. The number of alkyl halides is 1. The van der Waals surface area contributed by atoms with Crippen LogP contribution in [0.15, 0.2) is 30.5 Å². The van der Waals surface area contributed by atoms with E-state index in [2.05, 4.69) is 32.7 Å². The third-order valence-electron chi connectivity index (χ3n) is 10.3. The number of fused-ring (bicyclic) bond motifs is 4. The van der Waals surface area contributed by atoms with Crippen LogP contribution in [-0.4, -0.2) is 72.1 Å². The normalized spacial score (nSPS) is 24.9. The average Bonchev–Trinajstić information content (AvgIpc) is 3.70. The zero-order chi connectivity index (χ0) is 33.0. The van der Waals surface area contributed by atoms with Gasteiger partial charge in [-0.05, 0) is 67.1 Å². The first kappa shape index (κ1) is 31.5. The summed E-state index contributed by atoms with van der Waals surface area (Å²) in [6.07, 6.45) is 11.6. The minimum atomic E-state index is -1.43. The van der Waals surface area contributed by atoms with Crippen LogP contribution in [0.4, 0.5) is 24.7 Å². The molecule has 11 heteroatoms. The van der Waals surface area contributed by atoms with Gasteiger partial charge in [-0.1, -0.05) is 25.8 Å². The van der Waals surface area contributed by atoms with E-state index in [1.54, 1.807) is 25.8 Å². The number of halogens is 3. The molecule has 3 aliphatic heterocycles. The molecule has 0 amide bonds. The summed E-state index contributed by atoms with van der Waals surface area (Å²) in [6, 6.07) is 6.70. The number of ether oxygens (including phenoxy) is 2. The number of anilines is 2. The van der Waals surface area contributed by atoms with Gasteiger partial charge in [0.2, 0.25) is 0 Å². The van der Waals surface area contributed by atoms with Crippen LogP contribution < -0.4 is 15.4 Å². The van der Waals surface area contributed by atoms with Gasteiger partial charge in [-0.2, -0.15) is 9.97 Å². The molecular formula is C36H39F3N6O2. The molecule has 8 rings (SSSR count). The molecular weight excluding hydrogens is 605 g/mol. The number of methoxy groups -OCH3 is 1. The first-order valence-electron chi connectivity index (χ1n) is 16.3. The Bertz CT molecular complexity index is 1890. The molecule has 4 fully saturated rings. The second kappa shape index (κ2) is 12.1. The molecule has 4 aromatic rings. The van der Waals surface area contributed by atoms with E-state index in [1.807, 2.05) is 0 Å². The van der Waals surface area contributed by atoms with Crippen molar-refractivity contribution in [1.82, 2.24) is 19.9 Å². The van der Waals surface area contributed by atoms with E-state index in [4.69, 9.17) is 21.6 Å². The summed E-state index contributed by atoms with van der Waals surface area (Å²) in [5, 5.41) is 1.01. The fourth-order valence-corrected chi connectivity index (χ4v) is 7.77. The molecule has 8 nitrogen and oxygen atoms in total. The van der Waals surface area contributed by atoms with E-state index in [-0.39, 0.29) is 59.3 Å². The Morgan fingerprint density at radius 2 is 1.94 bits per heavy atom. The Labute approximate surface area is 272 Å². The fourth-order valence-electron chi connectivity index (χ4n) is 7.77. The molecule has 4 aliphatic rings. The number of nitrogens with zero attached hydrogens (tertiary/aromatic N) is 5. The molecule has 2 aromatic heterocycles. The Morgan fingerprint density at radius 1 is 1.13 bits per heavy atom. The number of rotatable bonds is 3. The van der Waals surface area contributed by atoms with Gasteiger partial charge >= 0.3 is 6.01 Å². The van der Waals surface area contributed by atoms with Crippen LogP contribution in [0.2, 0.25) is 0 Å². The van der Waals surface area contributed by atoms with E-state index in [0.717, 1.165) is 17.4 Å². The maximum absolute atomic E-state index is 16.1. The first-order valence-corrected chi connectivity index (χ1v) is 16.3. The second-order valence-electron chi connectivity index (χ2n) is 13.5. The molecule has 3 unspecified atom stereocenters. The van der Waals surface area contributed by atoms with Gasteiger partial charge < -0.3 is 20.1 Å². The molecule has 47 heavy (non-hydrogen) atoms. The fraction of sp³-hybridized carbons (Fsp3) is 0.472. The molecule has 2 N–H and O–H groups in total. The molecule has 246 valence electrons. The van der Waals surface area contributed by atoms with Crippen LogP contribution in [0.25, 0.3) is 32.9 Å². The minimum absolute atomic E-state index is 0.0384. The molecule has 1 spiro atoms. The lowest BCUT2D eigenvalue weighted by molar-refractivity contribution is 0.105. The summed E-state index contributed by atoms with van der Waals surface area (Å²) in [6.45, 7) is 7.63. The lowest BCUT2D eigenvalue weighted by Crippen LogP contribution is -2.37. The standard InChI is InChI=1S/C26H22F3N5O2.C10H17N/c1-4-16-19(27)6-5-14-9-15(30)10-17(20(14)16)22-21(28)23-18(11-31-22)25(33-26(32-23)35-3)34-7-8-36-12-13(2)24(34)29;1-8-6-9-10(2-3-10)4-5-11(9)7-8/h1,5-6,9-11,13,24H,7-8,12,30H2,2-3H3;8-9H,2-7H2,1H3/t;8-,9?/m.0/s1. The predicted molar refractivity (Wildman–Crippen MR) is 177 cm³/mol. The SMILES string of the molecule is C#Cc1c(F)ccc2cc(N)cc(-c3ncc4c(N5CCOCC(C)C5F)nc(OC)nc4c3F)c12.C[C@H]1CC2N(CCC23CC3)C1. The van der Waals surface area contributed by atoms with Crippen LogP contribution in [0, 0.1) is 41.2 Å². The van der Waals surface area contributed by atoms with Crippen molar-refractivity contribution < 1.29 is 22.6 Å². The van der Waals surface area contributed by atoms with Crippen molar-refractivity contribution in [2.45, 2.75) is 51.9 Å². The van der Waals surface area contributed by atoms with Crippen molar-refractivity contribution >= 4 is 33.2 Å². The van der Waals surface area contributed by atoms with Crippen molar-refractivity contribution in [3.8, 4) is 29.6 Å². The Balaban J connectivity index is 0.000000265. The number of nitrogens with two attached hydrogens (primary N) is 1. The zero-order valence-electron chi connectivity index (χ0n) is 26.9. The number of hydrogen-bond acceptors (Lipinski definition) is 8. The van der Waals surface area contributed by atoms with Crippen LogP contribution in [-0.2, 0) is 4.74 Å². The van der Waals surface area contributed by atoms with E-state index in [0.29, 0.717) is 16.5 Å². The topological polar surface area (TPSA) is 89.6 Å². The summed E-state index contributed by atoms with van der Waals surface area (Å²) in [4.78, 5) is 17.0. The Morgan fingerprint density at radius 3 is 2.68 bits per heavy atom. The first-order chi connectivity index (χ1) is 22.6. The van der Waals surface area contributed by atoms with Crippen molar-refractivity contribution in [3.63, 3.8) is 0 Å². The average molecular weight is 645 g/mol. The van der Waals surface area contributed by atoms with Crippen molar-refractivity contribution in [2.24, 2.45) is 17.3 Å². The summed E-state index contributed by atoms with van der Waals surface area (Å²) in [5.74, 6) is 1.55. The van der Waals surface area contributed by atoms with E-state index < -0.39 is 23.8 Å². The smallest absolute Gasteiger partial charge is 0.318 e. The molecule has 3 saturated heterocycles. The largest absolute Gasteiger partial charge is 0.467 e. The van der Waals surface area contributed by atoms with Crippen molar-refractivity contribution in [3.05, 3.63) is 47.7 Å². The maximum atomic E-state index is 16.1. The van der Waals surface area contributed by atoms with Gasteiger partial charge in [-0.3, -0.25) is 9.88 Å². The van der Waals surface area contributed by atoms with Crippen LogP contribution in [0.3, 0.4) is 0 Å². The second-order valence-corrected chi connectivity index (χ2v) is 13.5. The monoisotopic (exact) mass is 644 g/mol. The van der Waals surface area contributed by atoms with Gasteiger partial charge in [-0.15, -0.1) is 6.42 Å². The van der Waals surface area contributed by atoms with Gasteiger partial charge in [-0.25, -0.2) is 13.2 Å². The Kier molecular flexibility index (Phi) is 8.13.